The molecule has 5 heteroatoms. The van der Waals surface area contributed by atoms with Crippen LogP contribution in [0.2, 0.25) is 0 Å². The van der Waals surface area contributed by atoms with Crippen LogP contribution in [0, 0.1) is 0 Å². The Kier molecular flexibility index (Phi) is 6.93. The number of carbonyl (C=O) groups is 1. The second kappa shape index (κ2) is 9.60. The number of anilines is 1. The quantitative estimate of drug-likeness (QED) is 0.646. The summed E-state index contributed by atoms with van der Waals surface area (Å²) in [5.74, 6) is 1.91. The number of ether oxygens (including phenoxy) is 2. The Bertz CT molecular complexity index is 798. The lowest BCUT2D eigenvalue weighted by Crippen LogP contribution is -2.46. The molecule has 0 atom stereocenters. The lowest BCUT2D eigenvalue weighted by atomic mass is 10.1. The SMILES string of the molecule is CCOc1ccc(C(C)=O)cc1CN1CCN(c2ccccc2OCC)CC1. The highest BCUT2D eigenvalue weighted by Gasteiger charge is 2.21. The van der Waals surface area contributed by atoms with Crippen LogP contribution >= 0.6 is 0 Å². The number of piperazine rings is 1. The molecule has 2 aromatic carbocycles. The molecular weight excluding hydrogens is 352 g/mol. The minimum absolute atomic E-state index is 0.0849. The summed E-state index contributed by atoms with van der Waals surface area (Å²) >= 11 is 0. The van der Waals surface area contributed by atoms with Gasteiger partial charge in [0, 0.05) is 43.9 Å². The van der Waals surface area contributed by atoms with Crippen molar-refractivity contribution in [3.8, 4) is 11.5 Å². The van der Waals surface area contributed by atoms with Gasteiger partial charge in [-0.2, -0.15) is 0 Å². The van der Waals surface area contributed by atoms with Crippen molar-refractivity contribution in [2.24, 2.45) is 0 Å². The maximum atomic E-state index is 11.8. The predicted octanol–water partition coefficient (Wildman–Crippen LogP) is 4.01. The van der Waals surface area contributed by atoms with Crippen molar-refractivity contribution >= 4 is 11.5 Å². The van der Waals surface area contributed by atoms with Crippen LogP contribution in [-0.4, -0.2) is 50.1 Å². The first-order valence-electron chi connectivity index (χ1n) is 10.1. The molecule has 2 aromatic rings. The first-order valence-corrected chi connectivity index (χ1v) is 10.1. The summed E-state index contributed by atoms with van der Waals surface area (Å²) in [5, 5.41) is 0. The Morgan fingerprint density at radius 1 is 0.929 bits per heavy atom. The zero-order chi connectivity index (χ0) is 19.9. The molecule has 28 heavy (non-hydrogen) atoms. The fraction of sp³-hybridized carbons (Fsp3) is 0.435. The third-order valence-electron chi connectivity index (χ3n) is 5.04. The summed E-state index contributed by atoms with van der Waals surface area (Å²) in [6.45, 7) is 11.5. The lowest BCUT2D eigenvalue weighted by Gasteiger charge is -2.37. The van der Waals surface area contributed by atoms with Crippen molar-refractivity contribution < 1.29 is 14.3 Å². The van der Waals surface area contributed by atoms with Crippen LogP contribution in [0.1, 0.15) is 36.7 Å². The van der Waals surface area contributed by atoms with Gasteiger partial charge in [-0.1, -0.05) is 12.1 Å². The van der Waals surface area contributed by atoms with E-state index >= 15 is 0 Å². The fourth-order valence-electron chi connectivity index (χ4n) is 3.60. The van der Waals surface area contributed by atoms with Gasteiger partial charge in [0.05, 0.1) is 18.9 Å². The molecule has 5 nitrogen and oxygen atoms in total. The van der Waals surface area contributed by atoms with Crippen LogP contribution in [0.4, 0.5) is 5.69 Å². The molecule has 1 fully saturated rings. The molecule has 0 spiro atoms. The first-order chi connectivity index (χ1) is 13.6. The van der Waals surface area contributed by atoms with Crippen LogP contribution in [0.15, 0.2) is 42.5 Å². The van der Waals surface area contributed by atoms with E-state index in [1.165, 1.54) is 0 Å². The average Bonchev–Trinajstić information content (AvgIpc) is 2.71. The molecule has 1 aliphatic rings. The summed E-state index contributed by atoms with van der Waals surface area (Å²) in [7, 11) is 0. The van der Waals surface area contributed by atoms with Crippen LogP contribution in [-0.2, 0) is 6.54 Å². The van der Waals surface area contributed by atoms with Gasteiger partial charge in [-0.15, -0.1) is 0 Å². The highest BCUT2D eigenvalue weighted by molar-refractivity contribution is 5.94. The molecule has 1 aliphatic heterocycles. The molecule has 1 saturated heterocycles. The Labute approximate surface area is 167 Å². The monoisotopic (exact) mass is 382 g/mol. The maximum Gasteiger partial charge on any atom is 0.159 e. The van der Waals surface area contributed by atoms with Crippen LogP contribution < -0.4 is 14.4 Å². The minimum atomic E-state index is 0.0849. The van der Waals surface area contributed by atoms with Crippen LogP contribution in [0.3, 0.4) is 0 Å². The summed E-state index contributed by atoms with van der Waals surface area (Å²) in [6, 6.07) is 14.0. The number of nitrogens with zero attached hydrogens (tertiary/aromatic N) is 2. The number of ketones is 1. The Hall–Kier alpha value is -2.53. The number of hydrogen-bond donors (Lipinski definition) is 0. The molecule has 0 unspecified atom stereocenters. The van der Waals surface area contributed by atoms with E-state index < -0.39 is 0 Å². The van der Waals surface area contributed by atoms with Gasteiger partial charge in [0.15, 0.2) is 5.78 Å². The molecule has 0 amide bonds. The van der Waals surface area contributed by atoms with Crippen molar-refractivity contribution in [2.45, 2.75) is 27.3 Å². The molecule has 1 heterocycles. The van der Waals surface area contributed by atoms with Crippen molar-refractivity contribution in [1.29, 1.82) is 0 Å². The average molecular weight is 383 g/mol. The van der Waals surface area contributed by atoms with Crippen molar-refractivity contribution in [2.75, 3.05) is 44.3 Å². The molecule has 0 saturated carbocycles. The molecule has 150 valence electrons. The Morgan fingerprint density at radius 2 is 1.61 bits per heavy atom. The predicted molar refractivity (Wildman–Crippen MR) is 113 cm³/mol. The molecule has 0 aliphatic carbocycles. The summed E-state index contributed by atoms with van der Waals surface area (Å²) in [4.78, 5) is 16.6. The van der Waals surface area contributed by atoms with Crippen molar-refractivity contribution in [3.63, 3.8) is 0 Å². The van der Waals surface area contributed by atoms with Crippen molar-refractivity contribution in [3.05, 3.63) is 53.6 Å². The first kappa shape index (κ1) is 20.2. The molecule has 0 aromatic heterocycles. The summed E-state index contributed by atoms with van der Waals surface area (Å²) in [6.07, 6.45) is 0. The Balaban J connectivity index is 1.68. The topological polar surface area (TPSA) is 42.0 Å². The zero-order valence-electron chi connectivity index (χ0n) is 17.1. The van der Waals surface area contributed by atoms with Crippen LogP contribution in [0.25, 0.3) is 0 Å². The van der Waals surface area contributed by atoms with Crippen LogP contribution in [0.5, 0.6) is 11.5 Å². The number of Topliss-reactive ketones (excluding diaryl/α,β-unsaturated/α-hetero) is 1. The fourth-order valence-corrected chi connectivity index (χ4v) is 3.60. The Morgan fingerprint density at radius 3 is 2.29 bits per heavy atom. The van der Waals surface area contributed by atoms with Crippen molar-refractivity contribution in [1.82, 2.24) is 4.90 Å². The highest BCUT2D eigenvalue weighted by atomic mass is 16.5. The van der Waals surface area contributed by atoms with E-state index in [-0.39, 0.29) is 5.78 Å². The molecule has 0 N–H and O–H groups in total. The third kappa shape index (κ3) is 4.84. The van der Waals surface area contributed by atoms with Gasteiger partial charge in [0.25, 0.3) is 0 Å². The van der Waals surface area contributed by atoms with Gasteiger partial charge in [-0.3, -0.25) is 9.69 Å². The number of hydrogen-bond acceptors (Lipinski definition) is 5. The number of para-hydroxylation sites is 2. The van der Waals surface area contributed by atoms with E-state index in [2.05, 4.69) is 21.9 Å². The van der Waals surface area contributed by atoms with Gasteiger partial charge in [-0.25, -0.2) is 0 Å². The highest BCUT2D eigenvalue weighted by Crippen LogP contribution is 2.29. The van der Waals surface area contributed by atoms with E-state index in [1.807, 2.05) is 44.2 Å². The lowest BCUT2D eigenvalue weighted by molar-refractivity contribution is 0.101. The van der Waals surface area contributed by atoms with E-state index in [0.29, 0.717) is 13.2 Å². The van der Waals surface area contributed by atoms with Gasteiger partial charge in [-0.05, 0) is 51.1 Å². The molecule has 0 bridgehead atoms. The number of rotatable bonds is 8. The number of carbonyl (C=O) groups excluding carboxylic acids is 1. The molecule has 3 rings (SSSR count). The van der Waals surface area contributed by atoms with Gasteiger partial charge < -0.3 is 14.4 Å². The second-order valence-electron chi connectivity index (χ2n) is 6.98. The third-order valence-corrected chi connectivity index (χ3v) is 5.04. The van der Waals surface area contributed by atoms with Gasteiger partial charge >= 0.3 is 0 Å². The summed E-state index contributed by atoms with van der Waals surface area (Å²) in [5.41, 5.74) is 2.98. The van der Waals surface area contributed by atoms with E-state index in [0.717, 1.165) is 61.0 Å². The van der Waals surface area contributed by atoms with E-state index in [1.54, 1.807) is 6.92 Å². The minimum Gasteiger partial charge on any atom is -0.494 e. The van der Waals surface area contributed by atoms with Gasteiger partial charge in [0.1, 0.15) is 11.5 Å². The summed E-state index contributed by atoms with van der Waals surface area (Å²) < 4.78 is 11.6. The second-order valence-corrected chi connectivity index (χ2v) is 6.98. The zero-order valence-corrected chi connectivity index (χ0v) is 17.1. The standard InChI is InChI=1S/C23H30N2O3/c1-4-27-22-11-10-19(18(3)26)16-20(22)17-24-12-14-25(15-13-24)21-8-6-7-9-23(21)28-5-2/h6-11,16H,4-5,12-15,17H2,1-3H3. The normalized spacial score (nSPS) is 14.8. The maximum absolute atomic E-state index is 11.8. The number of benzene rings is 2. The van der Waals surface area contributed by atoms with Gasteiger partial charge in [0.2, 0.25) is 0 Å². The molecular formula is C23H30N2O3. The largest absolute Gasteiger partial charge is 0.494 e. The van der Waals surface area contributed by atoms with E-state index in [9.17, 15) is 4.79 Å². The smallest absolute Gasteiger partial charge is 0.159 e. The molecule has 0 radical (unpaired) electrons. The van der Waals surface area contributed by atoms with E-state index in [4.69, 9.17) is 9.47 Å².